The van der Waals surface area contributed by atoms with E-state index in [-0.39, 0.29) is 17.9 Å². The summed E-state index contributed by atoms with van der Waals surface area (Å²) in [6, 6.07) is 6.86. The lowest BCUT2D eigenvalue weighted by molar-refractivity contribution is -0.138. The second-order valence-electron chi connectivity index (χ2n) is 5.62. The van der Waals surface area contributed by atoms with Crippen LogP contribution in [0.5, 0.6) is 0 Å². The SMILES string of the molecule is CC(C)NC(=O)C1(C)CCN1C(=O)c1cccc(Cl)c1. The average molecular weight is 295 g/mol. The molecule has 108 valence electrons. The number of rotatable bonds is 3. The van der Waals surface area contributed by atoms with E-state index in [0.717, 1.165) is 0 Å². The van der Waals surface area contributed by atoms with E-state index in [9.17, 15) is 9.59 Å². The van der Waals surface area contributed by atoms with Crippen LogP contribution in [0.15, 0.2) is 24.3 Å². The molecule has 1 fully saturated rings. The lowest BCUT2D eigenvalue weighted by atomic mass is 9.84. The second kappa shape index (κ2) is 5.44. The maximum absolute atomic E-state index is 12.5. The molecule has 1 aromatic carbocycles. The number of hydrogen-bond donors (Lipinski definition) is 1. The molecule has 1 aromatic rings. The highest BCUT2D eigenvalue weighted by Crippen LogP contribution is 2.32. The van der Waals surface area contributed by atoms with Gasteiger partial charge in [0.2, 0.25) is 5.91 Å². The molecule has 1 atom stereocenters. The normalized spacial score (nSPS) is 21.6. The van der Waals surface area contributed by atoms with Gasteiger partial charge in [-0.1, -0.05) is 17.7 Å². The van der Waals surface area contributed by atoms with E-state index in [1.54, 1.807) is 36.1 Å². The highest BCUT2D eigenvalue weighted by atomic mass is 35.5. The zero-order valence-electron chi connectivity index (χ0n) is 11.9. The van der Waals surface area contributed by atoms with Gasteiger partial charge in [-0.25, -0.2) is 0 Å². The maximum atomic E-state index is 12.5. The smallest absolute Gasteiger partial charge is 0.254 e. The van der Waals surface area contributed by atoms with Gasteiger partial charge in [-0.2, -0.15) is 0 Å². The summed E-state index contributed by atoms with van der Waals surface area (Å²) in [5.74, 6) is -0.255. The number of carbonyl (C=O) groups is 2. The summed E-state index contributed by atoms with van der Waals surface area (Å²) in [5, 5.41) is 3.39. The van der Waals surface area contributed by atoms with E-state index >= 15 is 0 Å². The van der Waals surface area contributed by atoms with Crippen LogP contribution >= 0.6 is 11.6 Å². The summed E-state index contributed by atoms with van der Waals surface area (Å²) in [6.45, 7) is 6.20. The Morgan fingerprint density at radius 1 is 1.40 bits per heavy atom. The molecule has 1 aliphatic rings. The number of nitrogens with one attached hydrogen (secondary N) is 1. The Morgan fingerprint density at radius 3 is 2.60 bits per heavy atom. The van der Waals surface area contributed by atoms with Gasteiger partial charge in [0.15, 0.2) is 0 Å². The van der Waals surface area contributed by atoms with E-state index in [1.165, 1.54) is 0 Å². The summed E-state index contributed by atoms with van der Waals surface area (Å²) >= 11 is 5.91. The third kappa shape index (κ3) is 2.66. The number of amides is 2. The number of nitrogens with zero attached hydrogens (tertiary/aromatic N) is 1. The van der Waals surface area contributed by atoms with Crippen LogP contribution < -0.4 is 5.32 Å². The first-order valence-corrected chi connectivity index (χ1v) is 7.11. The topological polar surface area (TPSA) is 49.4 Å². The molecule has 0 spiro atoms. The van der Waals surface area contributed by atoms with Crippen molar-refractivity contribution in [1.82, 2.24) is 10.2 Å². The first kappa shape index (κ1) is 14.9. The molecular weight excluding hydrogens is 276 g/mol. The standard InChI is InChI=1S/C15H19ClN2O2/c1-10(2)17-14(20)15(3)7-8-18(15)13(19)11-5-4-6-12(16)9-11/h4-6,9-10H,7-8H2,1-3H3,(H,17,20). The van der Waals surface area contributed by atoms with Crippen molar-refractivity contribution in [2.24, 2.45) is 0 Å². The van der Waals surface area contributed by atoms with Gasteiger partial charge in [0.05, 0.1) is 0 Å². The Labute approximate surface area is 124 Å². The molecule has 2 rings (SSSR count). The summed E-state index contributed by atoms with van der Waals surface area (Å²) in [6.07, 6.45) is 0.678. The van der Waals surface area contributed by atoms with Gasteiger partial charge in [-0.15, -0.1) is 0 Å². The summed E-state index contributed by atoms with van der Waals surface area (Å²) in [7, 11) is 0. The van der Waals surface area contributed by atoms with E-state index in [0.29, 0.717) is 23.6 Å². The molecule has 1 unspecified atom stereocenters. The fourth-order valence-corrected chi connectivity index (χ4v) is 2.51. The van der Waals surface area contributed by atoms with Crippen molar-refractivity contribution in [3.63, 3.8) is 0 Å². The van der Waals surface area contributed by atoms with E-state index < -0.39 is 5.54 Å². The van der Waals surface area contributed by atoms with Gasteiger partial charge < -0.3 is 10.2 Å². The first-order chi connectivity index (χ1) is 9.34. The number of hydrogen-bond acceptors (Lipinski definition) is 2. The van der Waals surface area contributed by atoms with Gasteiger partial charge in [-0.05, 0) is 45.4 Å². The summed E-state index contributed by atoms with van der Waals surface area (Å²) in [4.78, 5) is 26.3. The Morgan fingerprint density at radius 2 is 2.10 bits per heavy atom. The van der Waals surface area contributed by atoms with Crippen LogP contribution in [0, 0.1) is 0 Å². The molecule has 1 heterocycles. The predicted octanol–water partition coefficient (Wildman–Crippen LogP) is 2.47. The minimum Gasteiger partial charge on any atom is -0.352 e. The Balaban J connectivity index is 2.17. The maximum Gasteiger partial charge on any atom is 0.254 e. The monoisotopic (exact) mass is 294 g/mol. The lowest BCUT2D eigenvalue weighted by Gasteiger charge is -2.49. The number of halogens is 1. The second-order valence-corrected chi connectivity index (χ2v) is 6.06. The molecule has 1 aliphatic heterocycles. The molecule has 4 nitrogen and oxygen atoms in total. The van der Waals surface area contributed by atoms with E-state index in [1.807, 2.05) is 13.8 Å². The van der Waals surface area contributed by atoms with Crippen LogP contribution in [-0.4, -0.2) is 34.8 Å². The number of carbonyl (C=O) groups excluding carboxylic acids is 2. The van der Waals surface area contributed by atoms with Crippen LogP contribution in [-0.2, 0) is 4.79 Å². The van der Waals surface area contributed by atoms with Crippen LogP contribution in [0.1, 0.15) is 37.6 Å². The molecule has 0 radical (unpaired) electrons. The van der Waals surface area contributed by atoms with Crippen molar-refractivity contribution in [3.8, 4) is 0 Å². The molecule has 2 amide bonds. The van der Waals surface area contributed by atoms with Gasteiger partial charge >= 0.3 is 0 Å². The minimum atomic E-state index is -0.760. The molecule has 0 saturated carbocycles. The van der Waals surface area contributed by atoms with Crippen molar-refractivity contribution in [2.75, 3.05) is 6.54 Å². The molecule has 5 heteroatoms. The van der Waals surface area contributed by atoms with Crippen molar-refractivity contribution in [1.29, 1.82) is 0 Å². The average Bonchev–Trinajstić information content (AvgIpc) is 2.35. The van der Waals surface area contributed by atoms with Crippen molar-refractivity contribution < 1.29 is 9.59 Å². The highest BCUT2D eigenvalue weighted by Gasteiger charge is 2.49. The van der Waals surface area contributed by atoms with Crippen LogP contribution in [0.2, 0.25) is 5.02 Å². The molecule has 0 bridgehead atoms. The van der Waals surface area contributed by atoms with Crippen molar-refractivity contribution in [2.45, 2.75) is 38.8 Å². The number of benzene rings is 1. The van der Waals surface area contributed by atoms with Gasteiger partial charge in [-0.3, -0.25) is 9.59 Å². The quantitative estimate of drug-likeness (QED) is 0.931. The lowest BCUT2D eigenvalue weighted by Crippen LogP contribution is -2.67. The fourth-order valence-electron chi connectivity index (χ4n) is 2.32. The molecule has 0 aliphatic carbocycles. The summed E-state index contributed by atoms with van der Waals surface area (Å²) < 4.78 is 0. The molecule has 1 N–H and O–H groups in total. The largest absolute Gasteiger partial charge is 0.352 e. The third-order valence-corrected chi connectivity index (χ3v) is 3.88. The zero-order chi connectivity index (χ0) is 14.9. The van der Waals surface area contributed by atoms with E-state index in [2.05, 4.69) is 5.32 Å². The van der Waals surface area contributed by atoms with E-state index in [4.69, 9.17) is 11.6 Å². The van der Waals surface area contributed by atoms with Gasteiger partial charge in [0, 0.05) is 23.2 Å². The number of likely N-dealkylation sites (tertiary alicyclic amines) is 1. The molecule has 20 heavy (non-hydrogen) atoms. The Hall–Kier alpha value is -1.55. The van der Waals surface area contributed by atoms with Gasteiger partial charge in [0.1, 0.15) is 5.54 Å². The molecular formula is C15H19ClN2O2. The van der Waals surface area contributed by atoms with Crippen LogP contribution in [0.25, 0.3) is 0 Å². The zero-order valence-corrected chi connectivity index (χ0v) is 12.7. The van der Waals surface area contributed by atoms with Crippen molar-refractivity contribution in [3.05, 3.63) is 34.9 Å². The first-order valence-electron chi connectivity index (χ1n) is 6.73. The molecule has 0 aromatic heterocycles. The predicted molar refractivity (Wildman–Crippen MR) is 78.8 cm³/mol. The minimum absolute atomic E-state index is 0.0584. The molecule has 1 saturated heterocycles. The van der Waals surface area contributed by atoms with Crippen LogP contribution in [0.3, 0.4) is 0 Å². The van der Waals surface area contributed by atoms with Crippen molar-refractivity contribution >= 4 is 23.4 Å². The Kier molecular flexibility index (Phi) is 4.04. The van der Waals surface area contributed by atoms with Gasteiger partial charge in [0.25, 0.3) is 5.91 Å². The fraction of sp³-hybridized carbons (Fsp3) is 0.467. The highest BCUT2D eigenvalue weighted by molar-refractivity contribution is 6.31. The summed E-state index contributed by atoms with van der Waals surface area (Å²) in [5.41, 5.74) is -0.246. The third-order valence-electron chi connectivity index (χ3n) is 3.64. The Bertz CT molecular complexity index is 544. The van der Waals surface area contributed by atoms with Crippen LogP contribution in [0.4, 0.5) is 0 Å².